The molecule has 1 nitrogen and oxygen atoms in total. The van der Waals surface area contributed by atoms with E-state index in [0.717, 1.165) is 17.0 Å². The van der Waals surface area contributed by atoms with E-state index in [2.05, 4.69) is 0 Å². The molecule has 0 aliphatic carbocycles. The molecule has 1 aromatic carbocycles. The molecule has 0 saturated carbocycles. The maximum absolute atomic E-state index is 10.1. The lowest BCUT2D eigenvalue weighted by Crippen LogP contribution is -2.13. The number of hydrogen-bond donors (Lipinski definition) is 1. The molecule has 1 aliphatic rings. The second kappa shape index (κ2) is 5.95. The summed E-state index contributed by atoms with van der Waals surface area (Å²) in [5.74, 6) is 3.18. The highest BCUT2D eigenvalue weighted by Crippen LogP contribution is 2.31. The second-order valence-electron chi connectivity index (χ2n) is 4.36. The van der Waals surface area contributed by atoms with Gasteiger partial charge < -0.3 is 5.11 Å². The Bertz CT molecular complexity index is 319. The van der Waals surface area contributed by atoms with Crippen LogP contribution in [0.5, 0.6) is 0 Å². The Balaban J connectivity index is 1.91. The van der Waals surface area contributed by atoms with Crippen LogP contribution < -0.4 is 0 Å². The van der Waals surface area contributed by atoms with Crippen LogP contribution in [0.4, 0.5) is 0 Å². The first-order valence-electron chi connectivity index (χ1n) is 5.77. The molecule has 2 rings (SSSR count). The molecule has 1 atom stereocenters. The van der Waals surface area contributed by atoms with Crippen molar-refractivity contribution >= 4 is 23.4 Å². The average molecular weight is 257 g/mol. The Kier molecular flexibility index (Phi) is 4.56. The van der Waals surface area contributed by atoms with Gasteiger partial charge in [-0.15, -0.1) is 0 Å². The molecular weight excluding hydrogens is 240 g/mol. The van der Waals surface area contributed by atoms with Gasteiger partial charge in [-0.1, -0.05) is 23.7 Å². The van der Waals surface area contributed by atoms with Gasteiger partial charge in [0.15, 0.2) is 0 Å². The highest BCUT2D eigenvalue weighted by Gasteiger charge is 2.18. The number of rotatable bonds is 3. The molecule has 1 saturated heterocycles. The number of hydrogen-bond acceptors (Lipinski definition) is 2. The molecule has 1 fully saturated rings. The SMILES string of the molecule is OC(CC1CCSCC1)c1ccc(Cl)cc1. The zero-order valence-electron chi connectivity index (χ0n) is 9.23. The van der Waals surface area contributed by atoms with Crippen LogP contribution in [0.15, 0.2) is 24.3 Å². The van der Waals surface area contributed by atoms with Gasteiger partial charge in [0, 0.05) is 5.02 Å². The van der Waals surface area contributed by atoms with E-state index in [4.69, 9.17) is 11.6 Å². The van der Waals surface area contributed by atoms with Gasteiger partial charge in [-0.25, -0.2) is 0 Å². The molecule has 0 bridgehead atoms. The predicted octanol–water partition coefficient (Wildman–Crippen LogP) is 3.91. The first kappa shape index (κ1) is 12.3. The third-order valence-electron chi connectivity index (χ3n) is 3.15. The maximum Gasteiger partial charge on any atom is 0.0792 e. The van der Waals surface area contributed by atoms with Crippen molar-refractivity contribution in [1.29, 1.82) is 0 Å². The predicted molar refractivity (Wildman–Crippen MR) is 71.1 cm³/mol. The van der Waals surface area contributed by atoms with Crippen LogP contribution in [0.1, 0.15) is 30.9 Å². The van der Waals surface area contributed by atoms with E-state index in [0.29, 0.717) is 5.92 Å². The molecule has 1 aliphatic heterocycles. The number of halogens is 1. The van der Waals surface area contributed by atoms with E-state index in [-0.39, 0.29) is 6.10 Å². The topological polar surface area (TPSA) is 20.2 Å². The van der Waals surface area contributed by atoms with Gasteiger partial charge in [-0.3, -0.25) is 0 Å². The summed E-state index contributed by atoms with van der Waals surface area (Å²) in [6.07, 6.45) is 3.05. The van der Waals surface area contributed by atoms with Gasteiger partial charge in [0.25, 0.3) is 0 Å². The van der Waals surface area contributed by atoms with Gasteiger partial charge in [0.05, 0.1) is 6.10 Å². The first-order valence-corrected chi connectivity index (χ1v) is 7.30. The lowest BCUT2D eigenvalue weighted by atomic mass is 9.92. The van der Waals surface area contributed by atoms with Crippen LogP contribution in [-0.4, -0.2) is 16.6 Å². The summed E-state index contributed by atoms with van der Waals surface area (Å²) >= 11 is 7.85. The van der Waals surface area contributed by atoms with Crippen LogP contribution >= 0.6 is 23.4 Å². The Labute approximate surface area is 106 Å². The van der Waals surface area contributed by atoms with Gasteiger partial charge >= 0.3 is 0 Å². The molecule has 1 unspecified atom stereocenters. The van der Waals surface area contributed by atoms with E-state index >= 15 is 0 Å². The molecule has 0 radical (unpaired) electrons. The zero-order chi connectivity index (χ0) is 11.4. The molecule has 0 aromatic heterocycles. The molecule has 1 heterocycles. The molecule has 88 valence electrons. The fourth-order valence-corrected chi connectivity index (χ4v) is 3.45. The summed E-state index contributed by atoms with van der Waals surface area (Å²) in [5.41, 5.74) is 0.989. The lowest BCUT2D eigenvalue weighted by Gasteiger charge is -2.23. The summed E-state index contributed by atoms with van der Waals surface area (Å²) in [4.78, 5) is 0. The maximum atomic E-state index is 10.1. The van der Waals surface area contributed by atoms with Crippen LogP contribution in [0.25, 0.3) is 0 Å². The van der Waals surface area contributed by atoms with Gasteiger partial charge in [0.2, 0.25) is 0 Å². The standard InChI is InChI=1S/C13H17ClOS/c14-12-3-1-11(2-4-12)13(15)9-10-5-7-16-8-6-10/h1-4,10,13,15H,5-9H2. The minimum absolute atomic E-state index is 0.328. The molecule has 1 aromatic rings. The molecular formula is C13H17ClOS. The minimum Gasteiger partial charge on any atom is -0.388 e. The summed E-state index contributed by atoms with van der Waals surface area (Å²) in [5, 5.41) is 10.8. The Morgan fingerprint density at radius 1 is 1.25 bits per heavy atom. The van der Waals surface area contributed by atoms with Gasteiger partial charge in [0.1, 0.15) is 0 Å². The third kappa shape index (κ3) is 3.41. The Morgan fingerprint density at radius 2 is 1.88 bits per heavy atom. The van der Waals surface area contributed by atoms with Crippen molar-refractivity contribution in [2.75, 3.05) is 11.5 Å². The smallest absolute Gasteiger partial charge is 0.0792 e. The van der Waals surface area contributed by atoms with Crippen molar-refractivity contribution in [2.24, 2.45) is 5.92 Å². The van der Waals surface area contributed by atoms with Crippen LogP contribution in [-0.2, 0) is 0 Å². The largest absolute Gasteiger partial charge is 0.388 e. The normalized spacial score (nSPS) is 19.6. The number of aliphatic hydroxyl groups is 1. The van der Waals surface area contributed by atoms with Gasteiger partial charge in [-0.2, -0.15) is 11.8 Å². The van der Waals surface area contributed by atoms with Crippen molar-refractivity contribution in [2.45, 2.75) is 25.4 Å². The fourth-order valence-electron chi connectivity index (χ4n) is 2.12. The summed E-state index contributed by atoms with van der Waals surface area (Å²) in [6, 6.07) is 7.53. The number of benzene rings is 1. The summed E-state index contributed by atoms with van der Waals surface area (Å²) in [6.45, 7) is 0. The highest BCUT2D eigenvalue weighted by atomic mass is 35.5. The fraction of sp³-hybridized carbons (Fsp3) is 0.538. The molecule has 0 amide bonds. The first-order chi connectivity index (χ1) is 7.75. The Morgan fingerprint density at radius 3 is 2.50 bits per heavy atom. The summed E-state index contributed by atoms with van der Waals surface area (Å²) in [7, 11) is 0. The van der Waals surface area contributed by atoms with Crippen molar-refractivity contribution in [3.05, 3.63) is 34.9 Å². The summed E-state index contributed by atoms with van der Waals surface area (Å²) < 4.78 is 0. The van der Waals surface area contributed by atoms with Crippen LogP contribution in [0.3, 0.4) is 0 Å². The van der Waals surface area contributed by atoms with E-state index in [9.17, 15) is 5.11 Å². The van der Waals surface area contributed by atoms with E-state index in [1.54, 1.807) is 0 Å². The minimum atomic E-state index is -0.328. The molecule has 1 N–H and O–H groups in total. The second-order valence-corrected chi connectivity index (χ2v) is 6.02. The van der Waals surface area contributed by atoms with Crippen molar-refractivity contribution in [1.82, 2.24) is 0 Å². The molecule has 16 heavy (non-hydrogen) atoms. The Hall–Kier alpha value is -0.180. The number of thioether (sulfide) groups is 1. The monoisotopic (exact) mass is 256 g/mol. The quantitative estimate of drug-likeness (QED) is 0.885. The number of aliphatic hydroxyl groups excluding tert-OH is 1. The molecule has 0 spiro atoms. The van der Waals surface area contributed by atoms with Crippen LogP contribution in [0.2, 0.25) is 5.02 Å². The third-order valence-corrected chi connectivity index (χ3v) is 4.45. The average Bonchev–Trinajstić information content (AvgIpc) is 2.31. The van der Waals surface area contributed by atoms with Crippen LogP contribution in [0, 0.1) is 5.92 Å². The lowest BCUT2D eigenvalue weighted by molar-refractivity contribution is 0.141. The van der Waals surface area contributed by atoms with Gasteiger partial charge in [-0.05, 0) is 54.4 Å². The zero-order valence-corrected chi connectivity index (χ0v) is 10.8. The van der Waals surface area contributed by atoms with Crippen molar-refractivity contribution in [3.8, 4) is 0 Å². The van der Waals surface area contributed by atoms with E-state index in [1.807, 2.05) is 36.0 Å². The van der Waals surface area contributed by atoms with E-state index < -0.39 is 0 Å². The highest BCUT2D eigenvalue weighted by molar-refractivity contribution is 7.99. The van der Waals surface area contributed by atoms with Crippen molar-refractivity contribution < 1.29 is 5.11 Å². The van der Waals surface area contributed by atoms with Crippen molar-refractivity contribution in [3.63, 3.8) is 0 Å². The molecule has 3 heteroatoms. The van der Waals surface area contributed by atoms with E-state index in [1.165, 1.54) is 24.3 Å².